The van der Waals surface area contributed by atoms with Gasteiger partial charge in [0, 0.05) is 12.5 Å². The quantitative estimate of drug-likeness (QED) is 0.466. The molecule has 0 spiro atoms. The van der Waals surface area contributed by atoms with Gasteiger partial charge in [0.2, 0.25) is 0 Å². The van der Waals surface area contributed by atoms with Gasteiger partial charge in [0.1, 0.15) is 0 Å². The fourth-order valence-electron chi connectivity index (χ4n) is 1.26. The van der Waals surface area contributed by atoms with Gasteiger partial charge in [-0.15, -0.1) is 12.3 Å². The molecular formula is C11H20O2. The number of rotatable bonds is 6. The molecule has 0 radical (unpaired) electrons. The summed E-state index contributed by atoms with van der Waals surface area (Å²) in [7, 11) is 0. The van der Waals surface area contributed by atoms with Gasteiger partial charge < -0.3 is 9.47 Å². The van der Waals surface area contributed by atoms with Crippen molar-refractivity contribution in [3.63, 3.8) is 0 Å². The molecule has 0 aromatic rings. The first-order valence-corrected chi connectivity index (χ1v) is 4.88. The summed E-state index contributed by atoms with van der Waals surface area (Å²) < 4.78 is 10.8. The molecular weight excluding hydrogens is 164 g/mol. The highest BCUT2D eigenvalue weighted by atomic mass is 16.7. The van der Waals surface area contributed by atoms with E-state index in [2.05, 4.69) is 12.8 Å². The van der Waals surface area contributed by atoms with E-state index in [1.807, 2.05) is 20.8 Å². The SMILES string of the molecule is C#CC(CC)C(C)OC(C)OCC. The van der Waals surface area contributed by atoms with Crippen LogP contribution >= 0.6 is 0 Å². The molecule has 3 unspecified atom stereocenters. The van der Waals surface area contributed by atoms with E-state index in [4.69, 9.17) is 15.9 Å². The first-order valence-electron chi connectivity index (χ1n) is 4.88. The molecule has 0 aromatic carbocycles. The van der Waals surface area contributed by atoms with E-state index < -0.39 is 0 Å². The molecule has 0 N–H and O–H groups in total. The molecule has 0 aromatic heterocycles. The number of hydrogen-bond acceptors (Lipinski definition) is 2. The van der Waals surface area contributed by atoms with Crippen molar-refractivity contribution in [3.05, 3.63) is 0 Å². The maximum atomic E-state index is 5.57. The summed E-state index contributed by atoms with van der Waals surface area (Å²) in [6.07, 6.45) is 6.21. The normalized spacial score (nSPS) is 17.5. The van der Waals surface area contributed by atoms with Crippen LogP contribution in [0.25, 0.3) is 0 Å². The Morgan fingerprint density at radius 3 is 2.31 bits per heavy atom. The Balaban J connectivity index is 3.84. The van der Waals surface area contributed by atoms with Gasteiger partial charge in [-0.3, -0.25) is 0 Å². The van der Waals surface area contributed by atoms with Crippen LogP contribution in [0, 0.1) is 18.3 Å². The maximum absolute atomic E-state index is 5.57. The zero-order valence-corrected chi connectivity index (χ0v) is 9.04. The highest BCUT2D eigenvalue weighted by molar-refractivity contribution is 4.95. The Morgan fingerprint density at radius 1 is 1.31 bits per heavy atom. The summed E-state index contributed by atoms with van der Waals surface area (Å²) >= 11 is 0. The molecule has 0 aliphatic carbocycles. The first kappa shape index (κ1) is 12.5. The Kier molecular flexibility index (Phi) is 6.66. The van der Waals surface area contributed by atoms with Crippen molar-refractivity contribution < 1.29 is 9.47 Å². The summed E-state index contributed by atoms with van der Waals surface area (Å²) in [5, 5.41) is 0. The Morgan fingerprint density at radius 2 is 1.92 bits per heavy atom. The third-order valence-corrected chi connectivity index (χ3v) is 2.03. The van der Waals surface area contributed by atoms with E-state index in [9.17, 15) is 0 Å². The standard InChI is InChI=1S/C11H20O2/c1-6-11(7-2)9(4)13-10(5)12-8-3/h1,9-11H,7-8H2,2-5H3. The van der Waals surface area contributed by atoms with Crippen LogP contribution < -0.4 is 0 Å². The van der Waals surface area contributed by atoms with E-state index in [0.29, 0.717) is 6.61 Å². The topological polar surface area (TPSA) is 18.5 Å². The molecule has 0 rings (SSSR count). The van der Waals surface area contributed by atoms with Crippen LogP contribution in [0.2, 0.25) is 0 Å². The number of hydrogen-bond donors (Lipinski definition) is 0. The lowest BCUT2D eigenvalue weighted by molar-refractivity contribution is -0.160. The van der Waals surface area contributed by atoms with Crippen molar-refractivity contribution in [2.45, 2.75) is 46.5 Å². The zero-order valence-electron chi connectivity index (χ0n) is 9.04. The van der Waals surface area contributed by atoms with Gasteiger partial charge in [-0.25, -0.2) is 0 Å². The molecule has 13 heavy (non-hydrogen) atoms. The molecule has 0 amide bonds. The van der Waals surface area contributed by atoms with Gasteiger partial charge in [0.15, 0.2) is 6.29 Å². The Hall–Kier alpha value is -0.520. The van der Waals surface area contributed by atoms with Crippen LogP contribution in [0.4, 0.5) is 0 Å². The second-order valence-electron chi connectivity index (χ2n) is 3.05. The van der Waals surface area contributed by atoms with E-state index in [1.165, 1.54) is 0 Å². The van der Waals surface area contributed by atoms with Crippen molar-refractivity contribution >= 4 is 0 Å². The van der Waals surface area contributed by atoms with Gasteiger partial charge in [0.05, 0.1) is 6.10 Å². The molecule has 76 valence electrons. The predicted molar refractivity (Wildman–Crippen MR) is 54.2 cm³/mol. The monoisotopic (exact) mass is 184 g/mol. The maximum Gasteiger partial charge on any atom is 0.155 e. The third-order valence-electron chi connectivity index (χ3n) is 2.03. The highest BCUT2D eigenvalue weighted by Gasteiger charge is 2.15. The molecule has 2 nitrogen and oxygen atoms in total. The smallest absolute Gasteiger partial charge is 0.155 e. The molecule has 0 aliphatic heterocycles. The highest BCUT2D eigenvalue weighted by Crippen LogP contribution is 2.12. The van der Waals surface area contributed by atoms with Crippen LogP contribution in [0.15, 0.2) is 0 Å². The van der Waals surface area contributed by atoms with Gasteiger partial charge >= 0.3 is 0 Å². The molecule has 3 atom stereocenters. The molecule has 0 heterocycles. The molecule has 0 bridgehead atoms. The second-order valence-corrected chi connectivity index (χ2v) is 3.05. The molecule has 2 heteroatoms. The minimum Gasteiger partial charge on any atom is -0.353 e. The van der Waals surface area contributed by atoms with E-state index in [1.54, 1.807) is 0 Å². The van der Waals surface area contributed by atoms with Crippen molar-refractivity contribution in [1.29, 1.82) is 0 Å². The Labute approximate surface area is 81.6 Å². The van der Waals surface area contributed by atoms with E-state index in [0.717, 1.165) is 6.42 Å². The summed E-state index contributed by atoms with van der Waals surface area (Å²) in [6, 6.07) is 0. The number of terminal acetylenes is 1. The van der Waals surface area contributed by atoms with Crippen LogP contribution in [0.3, 0.4) is 0 Å². The van der Waals surface area contributed by atoms with Crippen LogP contribution in [-0.4, -0.2) is 19.0 Å². The van der Waals surface area contributed by atoms with Crippen LogP contribution in [0.1, 0.15) is 34.1 Å². The molecule has 0 fully saturated rings. The number of ether oxygens (including phenoxy) is 2. The largest absolute Gasteiger partial charge is 0.353 e. The zero-order chi connectivity index (χ0) is 10.3. The van der Waals surface area contributed by atoms with Gasteiger partial charge in [-0.2, -0.15) is 0 Å². The van der Waals surface area contributed by atoms with Crippen molar-refractivity contribution in [3.8, 4) is 12.3 Å². The van der Waals surface area contributed by atoms with Crippen LogP contribution in [0.5, 0.6) is 0 Å². The average Bonchev–Trinajstić information content (AvgIpc) is 2.06. The fraction of sp³-hybridized carbons (Fsp3) is 0.818. The van der Waals surface area contributed by atoms with Crippen molar-refractivity contribution in [1.82, 2.24) is 0 Å². The minimum atomic E-state index is -0.164. The average molecular weight is 184 g/mol. The van der Waals surface area contributed by atoms with Crippen molar-refractivity contribution in [2.24, 2.45) is 5.92 Å². The van der Waals surface area contributed by atoms with E-state index in [-0.39, 0.29) is 18.3 Å². The second kappa shape index (κ2) is 6.94. The first-order chi connectivity index (χ1) is 6.15. The molecule has 0 saturated heterocycles. The summed E-state index contributed by atoms with van der Waals surface area (Å²) in [4.78, 5) is 0. The summed E-state index contributed by atoms with van der Waals surface area (Å²) in [5.74, 6) is 2.90. The van der Waals surface area contributed by atoms with Crippen LogP contribution in [-0.2, 0) is 9.47 Å². The van der Waals surface area contributed by atoms with Crippen molar-refractivity contribution in [2.75, 3.05) is 6.61 Å². The third kappa shape index (κ3) is 4.92. The lowest BCUT2D eigenvalue weighted by Crippen LogP contribution is -2.25. The fourth-order valence-corrected chi connectivity index (χ4v) is 1.26. The summed E-state index contributed by atoms with van der Waals surface area (Å²) in [6.45, 7) is 8.56. The van der Waals surface area contributed by atoms with Gasteiger partial charge in [-0.1, -0.05) is 6.92 Å². The summed E-state index contributed by atoms with van der Waals surface area (Å²) in [5.41, 5.74) is 0. The lowest BCUT2D eigenvalue weighted by atomic mass is 10.0. The Bertz CT molecular complexity index is 160. The molecule has 0 saturated carbocycles. The van der Waals surface area contributed by atoms with Gasteiger partial charge in [0.25, 0.3) is 0 Å². The van der Waals surface area contributed by atoms with E-state index >= 15 is 0 Å². The minimum absolute atomic E-state index is 0.0662. The lowest BCUT2D eigenvalue weighted by Gasteiger charge is -2.22. The van der Waals surface area contributed by atoms with Gasteiger partial charge in [-0.05, 0) is 27.2 Å². The predicted octanol–water partition coefficient (Wildman–Crippen LogP) is 2.43. The molecule has 0 aliphatic rings.